The highest BCUT2D eigenvalue weighted by Gasteiger charge is 2.07. The molecule has 0 fully saturated rings. The van der Waals surface area contributed by atoms with Crippen LogP contribution in [-0.2, 0) is 4.79 Å². The van der Waals surface area contributed by atoms with E-state index >= 15 is 0 Å². The van der Waals surface area contributed by atoms with Gasteiger partial charge in [-0.1, -0.05) is 6.07 Å². The Morgan fingerprint density at radius 2 is 2.23 bits per heavy atom. The Kier molecular flexibility index (Phi) is 3.31. The molecular weight excluding hydrogens is 189 g/mol. The third-order valence-corrected chi connectivity index (χ3v) is 2.25. The highest BCUT2D eigenvalue weighted by Crippen LogP contribution is 2.24. The second kappa shape index (κ2) is 4.28. The lowest BCUT2D eigenvalue weighted by Gasteiger charge is -2.05. The molecule has 0 aliphatic carbocycles. The van der Waals surface area contributed by atoms with E-state index in [2.05, 4.69) is 5.32 Å². The molecule has 4 heteroatoms. The fourth-order valence-electron chi connectivity index (χ4n) is 0.955. The van der Waals surface area contributed by atoms with Gasteiger partial charge in [0.25, 0.3) is 0 Å². The number of nitrogens with one attached hydrogen (secondary N) is 1. The minimum atomic E-state index is -0.370. The number of carbonyl (C=O) groups excluding carboxylic acids is 1. The molecule has 0 aliphatic rings. The Morgan fingerprint density at radius 1 is 1.54 bits per heavy atom. The van der Waals surface area contributed by atoms with E-state index in [1.807, 2.05) is 0 Å². The number of hydrogen-bond donors (Lipinski definition) is 1. The quantitative estimate of drug-likeness (QED) is 0.741. The van der Waals surface area contributed by atoms with Crippen molar-refractivity contribution in [3.05, 3.63) is 24.0 Å². The van der Waals surface area contributed by atoms with Gasteiger partial charge in [0.15, 0.2) is 5.82 Å². The molecule has 1 aromatic carbocycles. The van der Waals surface area contributed by atoms with E-state index in [1.165, 1.54) is 24.8 Å². The first-order valence-electron chi connectivity index (χ1n) is 3.75. The van der Waals surface area contributed by atoms with Crippen molar-refractivity contribution in [2.75, 3.05) is 11.6 Å². The molecule has 0 heterocycles. The van der Waals surface area contributed by atoms with Gasteiger partial charge < -0.3 is 5.32 Å². The van der Waals surface area contributed by atoms with Crippen LogP contribution in [0.25, 0.3) is 0 Å². The van der Waals surface area contributed by atoms with Crippen molar-refractivity contribution in [3.63, 3.8) is 0 Å². The first-order valence-corrected chi connectivity index (χ1v) is 4.97. The number of thioether (sulfide) groups is 1. The molecule has 0 radical (unpaired) electrons. The van der Waals surface area contributed by atoms with Gasteiger partial charge in [-0.05, 0) is 18.4 Å². The van der Waals surface area contributed by atoms with Crippen LogP contribution < -0.4 is 5.32 Å². The molecule has 13 heavy (non-hydrogen) atoms. The fourth-order valence-corrected chi connectivity index (χ4v) is 1.46. The number of halogens is 1. The van der Waals surface area contributed by atoms with Gasteiger partial charge in [-0.3, -0.25) is 4.79 Å². The van der Waals surface area contributed by atoms with E-state index in [0.29, 0.717) is 4.90 Å². The van der Waals surface area contributed by atoms with Crippen molar-refractivity contribution >= 4 is 23.4 Å². The lowest BCUT2D eigenvalue weighted by atomic mass is 10.3. The van der Waals surface area contributed by atoms with Gasteiger partial charge >= 0.3 is 0 Å². The Balaban J connectivity index is 3.01. The molecule has 1 rings (SSSR count). The molecule has 1 N–H and O–H groups in total. The summed E-state index contributed by atoms with van der Waals surface area (Å²) in [5, 5.41) is 2.42. The fraction of sp³-hybridized carbons (Fsp3) is 0.222. The van der Waals surface area contributed by atoms with Crippen LogP contribution in [0.3, 0.4) is 0 Å². The van der Waals surface area contributed by atoms with Crippen LogP contribution in [0.2, 0.25) is 0 Å². The maximum absolute atomic E-state index is 13.4. The first kappa shape index (κ1) is 10.1. The topological polar surface area (TPSA) is 29.1 Å². The predicted octanol–water partition coefficient (Wildman–Crippen LogP) is 2.51. The predicted molar refractivity (Wildman–Crippen MR) is 52.5 cm³/mol. The van der Waals surface area contributed by atoms with E-state index in [0.717, 1.165) is 0 Å². The van der Waals surface area contributed by atoms with Gasteiger partial charge in [0.1, 0.15) is 0 Å². The van der Waals surface area contributed by atoms with Gasteiger partial charge in [0.2, 0.25) is 5.91 Å². The Bertz CT molecular complexity index is 327. The number of carbonyl (C=O) groups is 1. The monoisotopic (exact) mass is 199 g/mol. The normalized spacial score (nSPS) is 9.77. The van der Waals surface area contributed by atoms with Gasteiger partial charge in [0.05, 0.1) is 5.69 Å². The number of amides is 1. The molecular formula is C9H10FNOS. The number of anilines is 1. The van der Waals surface area contributed by atoms with E-state index in [9.17, 15) is 9.18 Å². The van der Waals surface area contributed by atoms with Crippen LogP contribution in [0, 0.1) is 5.82 Å². The lowest BCUT2D eigenvalue weighted by molar-refractivity contribution is -0.114. The van der Waals surface area contributed by atoms with Crippen LogP contribution in [0.1, 0.15) is 6.92 Å². The zero-order valence-corrected chi connectivity index (χ0v) is 8.24. The van der Waals surface area contributed by atoms with Gasteiger partial charge in [0, 0.05) is 11.8 Å². The summed E-state index contributed by atoms with van der Waals surface area (Å²) in [4.78, 5) is 11.2. The van der Waals surface area contributed by atoms with Crippen molar-refractivity contribution in [2.24, 2.45) is 0 Å². The molecule has 0 saturated heterocycles. The Morgan fingerprint density at radius 3 is 2.77 bits per heavy atom. The first-order chi connectivity index (χ1) is 6.15. The second-order valence-electron chi connectivity index (χ2n) is 2.50. The van der Waals surface area contributed by atoms with Gasteiger partial charge in [-0.15, -0.1) is 11.8 Å². The van der Waals surface area contributed by atoms with E-state index < -0.39 is 0 Å². The molecule has 0 aliphatic heterocycles. The summed E-state index contributed by atoms with van der Waals surface area (Å²) >= 11 is 1.31. The van der Waals surface area contributed by atoms with Crippen molar-refractivity contribution in [2.45, 2.75) is 11.8 Å². The Labute approximate surface area is 80.5 Å². The molecule has 2 nitrogen and oxygen atoms in total. The number of benzene rings is 1. The summed E-state index contributed by atoms with van der Waals surface area (Å²) in [6.45, 7) is 1.35. The summed E-state index contributed by atoms with van der Waals surface area (Å²) in [6, 6.07) is 4.92. The highest BCUT2D eigenvalue weighted by molar-refractivity contribution is 7.98. The average Bonchev–Trinajstić information content (AvgIpc) is 2.08. The van der Waals surface area contributed by atoms with Crippen LogP contribution in [-0.4, -0.2) is 12.2 Å². The standard InChI is InChI=1S/C9H10FNOS/c1-6(12)11-7-4-3-5-8(13-2)9(7)10/h3-5H,1-2H3,(H,11,12). The van der Waals surface area contributed by atoms with Crippen molar-refractivity contribution in [1.82, 2.24) is 0 Å². The molecule has 0 saturated carbocycles. The summed E-state index contributed by atoms with van der Waals surface area (Å²) in [6.07, 6.45) is 1.79. The van der Waals surface area contributed by atoms with E-state index in [-0.39, 0.29) is 17.4 Å². The molecule has 0 aromatic heterocycles. The van der Waals surface area contributed by atoms with E-state index in [1.54, 1.807) is 18.4 Å². The smallest absolute Gasteiger partial charge is 0.221 e. The average molecular weight is 199 g/mol. The van der Waals surface area contributed by atoms with Crippen molar-refractivity contribution in [3.8, 4) is 0 Å². The minimum absolute atomic E-state index is 0.236. The Hall–Kier alpha value is -1.03. The van der Waals surface area contributed by atoms with Gasteiger partial charge in [-0.2, -0.15) is 0 Å². The zero-order chi connectivity index (χ0) is 9.84. The molecule has 0 atom stereocenters. The van der Waals surface area contributed by atoms with Gasteiger partial charge in [-0.25, -0.2) is 4.39 Å². The molecule has 1 amide bonds. The third kappa shape index (κ3) is 2.45. The lowest BCUT2D eigenvalue weighted by Crippen LogP contribution is -2.07. The van der Waals surface area contributed by atoms with Crippen molar-refractivity contribution in [1.29, 1.82) is 0 Å². The molecule has 0 spiro atoms. The van der Waals surface area contributed by atoms with Crippen LogP contribution in [0.15, 0.2) is 23.1 Å². The van der Waals surface area contributed by atoms with Crippen molar-refractivity contribution < 1.29 is 9.18 Å². The maximum atomic E-state index is 13.4. The van der Waals surface area contributed by atoms with Crippen LogP contribution in [0.4, 0.5) is 10.1 Å². The summed E-state index contributed by atoms with van der Waals surface area (Å²) in [5.41, 5.74) is 0.236. The second-order valence-corrected chi connectivity index (χ2v) is 3.35. The number of rotatable bonds is 2. The van der Waals surface area contributed by atoms with E-state index in [4.69, 9.17) is 0 Å². The minimum Gasteiger partial charge on any atom is -0.324 e. The molecule has 70 valence electrons. The SMILES string of the molecule is CSc1cccc(NC(C)=O)c1F. The maximum Gasteiger partial charge on any atom is 0.221 e. The van der Waals surface area contributed by atoms with Crippen LogP contribution >= 0.6 is 11.8 Å². The zero-order valence-electron chi connectivity index (χ0n) is 7.43. The molecule has 1 aromatic rings. The molecule has 0 bridgehead atoms. The summed E-state index contributed by atoms with van der Waals surface area (Å²) in [5.74, 6) is -0.637. The summed E-state index contributed by atoms with van der Waals surface area (Å²) in [7, 11) is 0. The summed E-state index contributed by atoms with van der Waals surface area (Å²) < 4.78 is 13.4. The number of hydrogen-bond acceptors (Lipinski definition) is 2. The highest BCUT2D eigenvalue weighted by atomic mass is 32.2. The van der Waals surface area contributed by atoms with Crippen LogP contribution in [0.5, 0.6) is 0 Å². The largest absolute Gasteiger partial charge is 0.324 e. The molecule has 0 unspecified atom stereocenters. The third-order valence-electron chi connectivity index (χ3n) is 1.49.